The van der Waals surface area contributed by atoms with Crippen molar-refractivity contribution in [3.63, 3.8) is 0 Å². The molecule has 0 bridgehead atoms. The summed E-state index contributed by atoms with van der Waals surface area (Å²) in [4.78, 5) is 10.6. The van der Waals surface area contributed by atoms with Gasteiger partial charge in [-0.15, -0.1) is 0 Å². The minimum Gasteiger partial charge on any atom is -0.489 e. The minimum atomic E-state index is 0.362. The van der Waals surface area contributed by atoms with Crippen LogP contribution in [0.25, 0.3) is 11.3 Å². The molecular formula is C42H58N6O7. The third-order valence-corrected chi connectivity index (χ3v) is 9.13. The number of aromatic nitrogens is 1. The zero-order chi connectivity index (χ0) is 39.0. The first-order chi connectivity index (χ1) is 26.7. The number of hydrazine groups is 1. The number of methoxy groups -OCH3 is 1. The number of hydrogen-bond donors (Lipinski definition) is 3. The molecule has 0 aliphatic carbocycles. The summed E-state index contributed by atoms with van der Waals surface area (Å²) < 4.78 is 40.1. The van der Waals surface area contributed by atoms with Crippen molar-refractivity contribution in [1.29, 1.82) is 0 Å². The van der Waals surface area contributed by atoms with Crippen LogP contribution in [0.2, 0.25) is 0 Å². The summed E-state index contributed by atoms with van der Waals surface area (Å²) in [5.41, 5.74) is 18.1. The van der Waals surface area contributed by atoms with E-state index in [0.717, 1.165) is 50.8 Å². The second kappa shape index (κ2) is 21.6. The standard InChI is InChI=1S/C42H58N6O7/c1-30-26-32(3)45-41(30)40(42-31(2)27-33(4)46-42)35-8-6-34(7-9-35)37(43)29-48(44)36-10-11-38(39(28-36)55-25-16-49-5)47-12-14-50-17-19-52-21-23-54-24-22-53-20-18-51-15-13-47/h6-11,26-29,45H,12-25,43-44H2,1-5H3/b37-29-,42-40-. The molecule has 1 fully saturated rings. The largest absolute Gasteiger partial charge is 0.489 e. The Labute approximate surface area is 325 Å². The normalized spacial score (nSPS) is 18.3. The van der Waals surface area contributed by atoms with Gasteiger partial charge in [0.1, 0.15) is 12.4 Å². The molecule has 298 valence electrons. The van der Waals surface area contributed by atoms with E-state index in [0.29, 0.717) is 110 Å². The number of H-pyrrole nitrogens is 1. The van der Waals surface area contributed by atoms with Crippen molar-refractivity contribution in [1.82, 2.24) is 4.98 Å². The van der Waals surface area contributed by atoms with E-state index in [9.17, 15) is 0 Å². The molecule has 5 N–H and O–H groups in total. The van der Waals surface area contributed by atoms with E-state index in [2.05, 4.69) is 54.9 Å². The van der Waals surface area contributed by atoms with E-state index in [1.165, 1.54) is 10.6 Å². The van der Waals surface area contributed by atoms with Crippen LogP contribution in [0.15, 0.2) is 77.1 Å². The molecule has 0 saturated carbocycles. The Hall–Kier alpha value is -4.47. The number of allylic oxidation sites excluding steroid dienone is 2. The van der Waals surface area contributed by atoms with E-state index in [4.69, 9.17) is 49.7 Å². The van der Waals surface area contributed by atoms with Crippen LogP contribution in [0, 0.1) is 13.8 Å². The van der Waals surface area contributed by atoms with Crippen molar-refractivity contribution in [3.05, 3.63) is 100 Å². The van der Waals surface area contributed by atoms with Crippen molar-refractivity contribution >= 4 is 28.4 Å². The highest BCUT2D eigenvalue weighted by molar-refractivity contribution is 6.01. The molecule has 0 amide bonds. The summed E-state index contributed by atoms with van der Waals surface area (Å²) in [5, 5.41) is 1.51. The summed E-state index contributed by atoms with van der Waals surface area (Å²) in [7, 11) is 1.65. The summed E-state index contributed by atoms with van der Waals surface area (Å²) in [5.74, 6) is 7.29. The molecule has 2 aromatic carbocycles. The van der Waals surface area contributed by atoms with Gasteiger partial charge < -0.3 is 48.8 Å². The van der Waals surface area contributed by atoms with Gasteiger partial charge in [-0.1, -0.05) is 24.3 Å². The maximum atomic E-state index is 6.67. The molecule has 2 aliphatic rings. The molecule has 13 heteroatoms. The lowest BCUT2D eigenvalue weighted by atomic mass is 9.95. The van der Waals surface area contributed by atoms with E-state index < -0.39 is 0 Å². The van der Waals surface area contributed by atoms with Crippen molar-refractivity contribution < 1.29 is 33.2 Å². The van der Waals surface area contributed by atoms with Crippen LogP contribution < -0.4 is 26.2 Å². The van der Waals surface area contributed by atoms with Crippen molar-refractivity contribution in [2.24, 2.45) is 16.6 Å². The smallest absolute Gasteiger partial charge is 0.144 e. The average Bonchev–Trinajstić information content (AvgIpc) is 3.69. The molecule has 0 atom stereocenters. The Kier molecular flexibility index (Phi) is 16.4. The molecule has 2 aliphatic heterocycles. The molecule has 1 aromatic heterocycles. The molecule has 0 spiro atoms. The van der Waals surface area contributed by atoms with E-state index in [1.54, 1.807) is 13.3 Å². The maximum Gasteiger partial charge on any atom is 0.144 e. The Morgan fingerprint density at radius 1 is 0.800 bits per heavy atom. The molecule has 5 rings (SSSR count). The highest BCUT2D eigenvalue weighted by atomic mass is 16.6. The Balaban J connectivity index is 1.34. The van der Waals surface area contributed by atoms with Crippen molar-refractivity contribution in [2.45, 2.75) is 27.7 Å². The van der Waals surface area contributed by atoms with Crippen molar-refractivity contribution in [3.8, 4) is 5.75 Å². The highest BCUT2D eigenvalue weighted by Gasteiger charge is 2.21. The quantitative estimate of drug-likeness (QED) is 0.139. The second-order valence-corrected chi connectivity index (χ2v) is 13.4. The van der Waals surface area contributed by atoms with Gasteiger partial charge in [0.05, 0.1) is 101 Å². The molecule has 0 radical (unpaired) electrons. The molecule has 13 nitrogen and oxygen atoms in total. The lowest BCUT2D eigenvalue weighted by Gasteiger charge is -2.28. The minimum absolute atomic E-state index is 0.362. The lowest BCUT2D eigenvalue weighted by molar-refractivity contribution is -0.0116. The number of nitrogens with two attached hydrogens (primary N) is 2. The fourth-order valence-corrected chi connectivity index (χ4v) is 6.41. The van der Waals surface area contributed by atoms with Crippen LogP contribution in [0.1, 0.15) is 41.9 Å². The lowest BCUT2D eigenvalue weighted by Crippen LogP contribution is -2.32. The third-order valence-electron chi connectivity index (χ3n) is 9.13. The second-order valence-electron chi connectivity index (χ2n) is 13.4. The highest BCUT2D eigenvalue weighted by Crippen LogP contribution is 2.36. The predicted molar refractivity (Wildman–Crippen MR) is 219 cm³/mol. The first-order valence-electron chi connectivity index (χ1n) is 18.9. The summed E-state index contributed by atoms with van der Waals surface area (Å²) >= 11 is 0. The van der Waals surface area contributed by atoms with Gasteiger partial charge in [-0.05, 0) is 74.2 Å². The third kappa shape index (κ3) is 12.3. The molecule has 0 unspecified atom stereocenters. The number of aliphatic imine (C=N–C) groups is 1. The Morgan fingerprint density at radius 3 is 1.91 bits per heavy atom. The monoisotopic (exact) mass is 758 g/mol. The summed E-state index contributed by atoms with van der Waals surface area (Å²) in [6.45, 7) is 15.3. The van der Waals surface area contributed by atoms with Crippen LogP contribution in [-0.4, -0.2) is 110 Å². The number of nitrogens with zero attached hydrogens (tertiary/aromatic N) is 3. The van der Waals surface area contributed by atoms with Gasteiger partial charge in [0, 0.05) is 49.4 Å². The van der Waals surface area contributed by atoms with E-state index >= 15 is 0 Å². The number of nitrogens with one attached hydrogen (secondary N) is 1. The Morgan fingerprint density at radius 2 is 1.38 bits per heavy atom. The molecular weight excluding hydrogens is 700 g/mol. The fraction of sp³-hybridized carbons (Fsp3) is 0.452. The number of aromatic amines is 1. The van der Waals surface area contributed by atoms with Crippen molar-refractivity contribution in [2.75, 3.05) is 109 Å². The van der Waals surface area contributed by atoms with Gasteiger partial charge in [0.15, 0.2) is 0 Å². The molecule has 55 heavy (non-hydrogen) atoms. The van der Waals surface area contributed by atoms with E-state index in [-0.39, 0.29) is 0 Å². The van der Waals surface area contributed by atoms with Gasteiger partial charge >= 0.3 is 0 Å². The first kappa shape index (κ1) is 41.7. The van der Waals surface area contributed by atoms with Crippen LogP contribution in [0.5, 0.6) is 5.75 Å². The zero-order valence-corrected chi connectivity index (χ0v) is 33.0. The maximum absolute atomic E-state index is 6.67. The van der Waals surface area contributed by atoms with Crippen LogP contribution in [-0.2, 0) is 28.4 Å². The number of anilines is 2. The molecule has 3 heterocycles. The van der Waals surface area contributed by atoms with Gasteiger partial charge in [0.25, 0.3) is 0 Å². The molecule has 3 aromatic rings. The van der Waals surface area contributed by atoms with Gasteiger partial charge in [0.2, 0.25) is 0 Å². The first-order valence-corrected chi connectivity index (χ1v) is 18.9. The predicted octanol–water partition coefficient (Wildman–Crippen LogP) is 5.38. The number of hydrogen-bond acceptors (Lipinski definition) is 12. The Bertz CT molecular complexity index is 1780. The zero-order valence-electron chi connectivity index (χ0n) is 33.0. The number of aryl methyl sites for hydroxylation is 2. The van der Waals surface area contributed by atoms with Gasteiger partial charge in [-0.3, -0.25) is 10.0 Å². The van der Waals surface area contributed by atoms with Crippen LogP contribution in [0.4, 0.5) is 11.4 Å². The van der Waals surface area contributed by atoms with Crippen LogP contribution in [0.3, 0.4) is 0 Å². The van der Waals surface area contributed by atoms with Crippen LogP contribution >= 0.6 is 0 Å². The number of benzene rings is 2. The average molecular weight is 759 g/mol. The number of rotatable bonds is 10. The number of ether oxygens (including phenoxy) is 7. The van der Waals surface area contributed by atoms with Gasteiger partial charge in [-0.2, -0.15) is 0 Å². The summed E-state index contributed by atoms with van der Waals surface area (Å²) in [6, 6.07) is 16.2. The SMILES string of the molecule is COCCOc1cc(N(N)/C=C(\N)c2ccc(/C(=C3/N=C(C)C=C3C)c3[nH]c(C)cc3C)cc2)ccc1N1CCOCCOCCOCCOCCOCC1. The topological polar surface area (TPSA) is 151 Å². The summed E-state index contributed by atoms with van der Waals surface area (Å²) in [6.07, 6.45) is 3.83. The fourth-order valence-electron chi connectivity index (χ4n) is 6.41. The van der Waals surface area contributed by atoms with Gasteiger partial charge in [-0.25, -0.2) is 5.84 Å². The van der Waals surface area contributed by atoms with E-state index in [1.807, 2.05) is 37.3 Å². The molecule has 1 saturated heterocycles.